The van der Waals surface area contributed by atoms with E-state index in [0.717, 1.165) is 11.1 Å². The van der Waals surface area contributed by atoms with E-state index in [1.807, 2.05) is 12.1 Å². The Balaban J connectivity index is 1.61. The third kappa shape index (κ3) is 3.15. The number of sulfone groups is 1. The average Bonchev–Trinajstić information content (AvgIpc) is 3.04. The summed E-state index contributed by atoms with van der Waals surface area (Å²) in [5.74, 6) is 0.789. The van der Waals surface area contributed by atoms with Crippen LogP contribution in [0.4, 0.5) is 4.39 Å². The third-order valence-electron chi connectivity index (χ3n) is 4.15. The fourth-order valence-corrected chi connectivity index (χ4v) is 3.45. The Labute approximate surface area is 150 Å². The molecule has 1 atom stereocenters. The van der Waals surface area contributed by atoms with Crippen LogP contribution in [-0.2, 0) is 9.84 Å². The molecule has 26 heavy (non-hydrogen) atoms. The number of hydrogen-bond acceptors (Lipinski definition) is 4. The average molecular weight is 370 g/mol. The summed E-state index contributed by atoms with van der Waals surface area (Å²) in [4.78, 5) is 0.271. The Hall–Kier alpha value is -2.86. The Morgan fingerprint density at radius 2 is 1.54 bits per heavy atom. The summed E-state index contributed by atoms with van der Waals surface area (Å²) >= 11 is 0. The zero-order chi connectivity index (χ0) is 18.3. The highest BCUT2D eigenvalue weighted by atomic mass is 32.2. The zero-order valence-electron chi connectivity index (χ0n) is 13.8. The standard InChI is InChI=1S/C20H15FO4S/c1-26(22,23)17-8-5-13(6-9-17)14-7-10-18-19(12-14)25-20(24-18)15-3-2-4-16(21)11-15/h2-12,20H,1H3. The van der Waals surface area contributed by atoms with E-state index >= 15 is 0 Å². The van der Waals surface area contributed by atoms with E-state index in [0.29, 0.717) is 17.1 Å². The van der Waals surface area contributed by atoms with E-state index < -0.39 is 16.1 Å². The molecule has 0 saturated heterocycles. The Kier molecular flexibility index (Phi) is 3.92. The SMILES string of the molecule is CS(=O)(=O)c1ccc(-c2ccc3c(c2)OC(c2cccc(F)c2)O3)cc1. The van der Waals surface area contributed by atoms with Gasteiger partial charge in [0.2, 0.25) is 0 Å². The molecule has 1 heterocycles. The summed E-state index contributed by atoms with van der Waals surface area (Å²) in [7, 11) is -3.23. The molecule has 0 fully saturated rings. The lowest BCUT2D eigenvalue weighted by Crippen LogP contribution is -2.07. The fourth-order valence-electron chi connectivity index (χ4n) is 2.82. The van der Waals surface area contributed by atoms with Gasteiger partial charge in [0, 0.05) is 11.8 Å². The molecule has 0 saturated carbocycles. The van der Waals surface area contributed by atoms with Crippen LogP contribution in [0.3, 0.4) is 0 Å². The van der Waals surface area contributed by atoms with Gasteiger partial charge in [0.05, 0.1) is 4.90 Å². The van der Waals surface area contributed by atoms with E-state index in [9.17, 15) is 12.8 Å². The molecular weight excluding hydrogens is 355 g/mol. The van der Waals surface area contributed by atoms with Crippen LogP contribution in [0, 0.1) is 5.82 Å². The molecule has 0 aliphatic carbocycles. The molecule has 0 amide bonds. The molecule has 0 spiro atoms. The first-order chi connectivity index (χ1) is 12.4. The minimum Gasteiger partial charge on any atom is -0.447 e. The van der Waals surface area contributed by atoms with Gasteiger partial charge in [0.15, 0.2) is 21.3 Å². The van der Waals surface area contributed by atoms with Crippen LogP contribution in [0.5, 0.6) is 11.5 Å². The summed E-state index contributed by atoms with van der Waals surface area (Å²) in [6.07, 6.45) is 0.485. The molecule has 4 nitrogen and oxygen atoms in total. The van der Waals surface area contributed by atoms with Gasteiger partial charge in [-0.25, -0.2) is 12.8 Å². The van der Waals surface area contributed by atoms with E-state index in [2.05, 4.69) is 0 Å². The molecule has 3 aromatic rings. The molecule has 4 rings (SSSR count). The molecule has 3 aromatic carbocycles. The molecular formula is C20H15FO4S. The first kappa shape index (κ1) is 16.6. The maximum atomic E-state index is 13.4. The van der Waals surface area contributed by atoms with Crippen molar-refractivity contribution in [3.8, 4) is 22.6 Å². The fraction of sp³-hybridized carbons (Fsp3) is 0.100. The first-order valence-corrected chi connectivity index (χ1v) is 9.83. The van der Waals surface area contributed by atoms with Crippen LogP contribution in [0.25, 0.3) is 11.1 Å². The maximum absolute atomic E-state index is 13.4. The van der Waals surface area contributed by atoms with Crippen molar-refractivity contribution >= 4 is 9.84 Å². The number of hydrogen-bond donors (Lipinski definition) is 0. The van der Waals surface area contributed by atoms with Gasteiger partial charge in [-0.2, -0.15) is 0 Å². The van der Waals surface area contributed by atoms with E-state index in [4.69, 9.17) is 9.47 Å². The molecule has 132 valence electrons. The number of ether oxygens (including phenoxy) is 2. The number of benzene rings is 3. The lowest BCUT2D eigenvalue weighted by Gasteiger charge is -2.10. The van der Waals surface area contributed by atoms with Crippen molar-refractivity contribution in [1.29, 1.82) is 0 Å². The van der Waals surface area contributed by atoms with E-state index in [1.54, 1.807) is 42.5 Å². The van der Waals surface area contributed by atoms with Crippen molar-refractivity contribution in [2.45, 2.75) is 11.2 Å². The van der Waals surface area contributed by atoms with Gasteiger partial charge in [0.25, 0.3) is 6.29 Å². The second-order valence-corrected chi connectivity index (χ2v) is 8.10. The minimum absolute atomic E-state index is 0.271. The highest BCUT2D eigenvalue weighted by molar-refractivity contribution is 7.90. The zero-order valence-corrected chi connectivity index (χ0v) is 14.7. The van der Waals surface area contributed by atoms with Crippen LogP contribution in [0.1, 0.15) is 11.9 Å². The van der Waals surface area contributed by atoms with Gasteiger partial charge >= 0.3 is 0 Å². The van der Waals surface area contributed by atoms with Crippen molar-refractivity contribution in [2.75, 3.05) is 6.26 Å². The summed E-state index contributed by atoms with van der Waals surface area (Å²) < 4.78 is 48.1. The highest BCUT2D eigenvalue weighted by Gasteiger charge is 2.26. The number of fused-ring (bicyclic) bond motifs is 1. The van der Waals surface area contributed by atoms with Crippen LogP contribution < -0.4 is 9.47 Å². The molecule has 1 unspecified atom stereocenters. The monoisotopic (exact) mass is 370 g/mol. The highest BCUT2D eigenvalue weighted by Crippen LogP contribution is 2.42. The number of halogens is 1. The Morgan fingerprint density at radius 1 is 0.846 bits per heavy atom. The maximum Gasteiger partial charge on any atom is 0.268 e. The smallest absolute Gasteiger partial charge is 0.268 e. The van der Waals surface area contributed by atoms with Crippen molar-refractivity contribution < 1.29 is 22.3 Å². The van der Waals surface area contributed by atoms with Crippen molar-refractivity contribution in [3.63, 3.8) is 0 Å². The Bertz CT molecular complexity index is 1080. The van der Waals surface area contributed by atoms with Crippen molar-refractivity contribution in [1.82, 2.24) is 0 Å². The largest absolute Gasteiger partial charge is 0.447 e. The van der Waals surface area contributed by atoms with E-state index in [1.165, 1.54) is 18.4 Å². The van der Waals surface area contributed by atoms with Crippen LogP contribution in [-0.4, -0.2) is 14.7 Å². The van der Waals surface area contributed by atoms with Gasteiger partial charge in [-0.3, -0.25) is 0 Å². The van der Waals surface area contributed by atoms with Crippen molar-refractivity contribution in [2.24, 2.45) is 0 Å². The normalized spacial score (nSPS) is 15.8. The molecule has 0 N–H and O–H groups in total. The quantitative estimate of drug-likeness (QED) is 0.687. The lowest BCUT2D eigenvalue weighted by molar-refractivity contribution is 0.0484. The molecule has 6 heteroatoms. The third-order valence-corrected chi connectivity index (χ3v) is 5.28. The minimum atomic E-state index is -3.23. The molecule has 0 aromatic heterocycles. The molecule has 0 bridgehead atoms. The summed E-state index contributed by atoms with van der Waals surface area (Å²) in [6.45, 7) is 0. The van der Waals surface area contributed by atoms with Gasteiger partial charge in [0.1, 0.15) is 5.82 Å². The molecule has 1 aliphatic heterocycles. The van der Waals surface area contributed by atoms with Crippen LogP contribution in [0.15, 0.2) is 71.6 Å². The van der Waals surface area contributed by atoms with Gasteiger partial charge in [-0.15, -0.1) is 0 Å². The van der Waals surface area contributed by atoms with Crippen molar-refractivity contribution in [3.05, 3.63) is 78.1 Å². The predicted molar refractivity (Wildman–Crippen MR) is 95.4 cm³/mol. The second-order valence-electron chi connectivity index (χ2n) is 6.08. The predicted octanol–water partition coefficient (Wildman–Crippen LogP) is 4.37. The summed E-state index contributed by atoms with van der Waals surface area (Å²) in [5, 5.41) is 0. The van der Waals surface area contributed by atoms with Gasteiger partial charge < -0.3 is 9.47 Å². The first-order valence-electron chi connectivity index (χ1n) is 7.93. The summed E-state index contributed by atoms with van der Waals surface area (Å²) in [6, 6.07) is 18.2. The van der Waals surface area contributed by atoms with Crippen LogP contribution in [0.2, 0.25) is 0 Å². The topological polar surface area (TPSA) is 52.6 Å². The van der Waals surface area contributed by atoms with Gasteiger partial charge in [-0.1, -0.05) is 30.3 Å². The summed E-state index contributed by atoms with van der Waals surface area (Å²) in [5.41, 5.74) is 2.32. The molecule has 1 aliphatic rings. The van der Waals surface area contributed by atoms with E-state index in [-0.39, 0.29) is 10.7 Å². The lowest BCUT2D eigenvalue weighted by atomic mass is 10.1. The van der Waals surface area contributed by atoms with Gasteiger partial charge in [-0.05, 0) is 47.5 Å². The van der Waals surface area contributed by atoms with Crippen LogP contribution >= 0.6 is 0 Å². The Morgan fingerprint density at radius 3 is 2.23 bits per heavy atom. The number of rotatable bonds is 3. The second kappa shape index (κ2) is 6.14. The molecule has 0 radical (unpaired) electrons.